The lowest BCUT2D eigenvalue weighted by Crippen LogP contribution is -2.24. The van der Waals surface area contributed by atoms with Gasteiger partial charge in [0.15, 0.2) is 0 Å². The minimum Gasteiger partial charge on any atom is -0.491 e. The van der Waals surface area contributed by atoms with Gasteiger partial charge in [-0.1, -0.05) is 0 Å². The van der Waals surface area contributed by atoms with Gasteiger partial charge in [0.05, 0.1) is 6.54 Å². The molecule has 7 nitrogen and oxygen atoms in total. The SMILES string of the molecule is Cc1nnnn1C[C@@H](O)COc1ccc(C=O)cc1. The molecule has 0 amide bonds. The molecule has 1 heterocycles. The molecular weight excluding hydrogens is 248 g/mol. The predicted molar refractivity (Wildman–Crippen MR) is 65.9 cm³/mol. The molecule has 0 unspecified atom stereocenters. The highest BCUT2D eigenvalue weighted by atomic mass is 16.5. The average Bonchev–Trinajstić information content (AvgIpc) is 2.82. The fraction of sp³-hybridized carbons (Fsp3) is 0.333. The van der Waals surface area contributed by atoms with E-state index in [9.17, 15) is 9.90 Å². The van der Waals surface area contributed by atoms with Crippen LogP contribution in [0, 0.1) is 6.92 Å². The highest BCUT2D eigenvalue weighted by Crippen LogP contribution is 2.11. The van der Waals surface area contributed by atoms with Gasteiger partial charge in [0.2, 0.25) is 0 Å². The van der Waals surface area contributed by atoms with Crippen molar-refractivity contribution in [1.82, 2.24) is 20.2 Å². The molecule has 1 N–H and O–H groups in total. The third kappa shape index (κ3) is 3.59. The number of carbonyl (C=O) groups excluding carboxylic acids is 1. The number of hydrogen-bond acceptors (Lipinski definition) is 6. The van der Waals surface area contributed by atoms with Gasteiger partial charge in [0.1, 0.15) is 30.6 Å². The summed E-state index contributed by atoms with van der Waals surface area (Å²) >= 11 is 0. The standard InChI is InChI=1S/C12H14N4O3/c1-9-13-14-15-16(9)6-11(18)8-19-12-4-2-10(7-17)3-5-12/h2-5,7,11,18H,6,8H2,1H3/t11-/m1/s1. The van der Waals surface area contributed by atoms with Gasteiger partial charge in [-0.2, -0.15) is 0 Å². The highest BCUT2D eigenvalue weighted by molar-refractivity contribution is 5.74. The third-order valence-electron chi connectivity index (χ3n) is 2.55. The topological polar surface area (TPSA) is 90.1 Å². The van der Waals surface area contributed by atoms with Crippen molar-refractivity contribution in [3.63, 3.8) is 0 Å². The monoisotopic (exact) mass is 262 g/mol. The van der Waals surface area contributed by atoms with Crippen molar-refractivity contribution in [3.05, 3.63) is 35.7 Å². The van der Waals surface area contributed by atoms with E-state index < -0.39 is 6.10 Å². The van der Waals surface area contributed by atoms with E-state index in [-0.39, 0.29) is 13.2 Å². The van der Waals surface area contributed by atoms with E-state index in [1.807, 2.05) is 0 Å². The second kappa shape index (κ2) is 6.05. The summed E-state index contributed by atoms with van der Waals surface area (Å²) in [6.45, 7) is 2.15. The number of aliphatic hydroxyl groups excluding tert-OH is 1. The fourth-order valence-corrected chi connectivity index (χ4v) is 1.51. The zero-order chi connectivity index (χ0) is 13.7. The van der Waals surface area contributed by atoms with Gasteiger partial charge in [0, 0.05) is 5.56 Å². The van der Waals surface area contributed by atoms with Crippen LogP contribution in [-0.4, -0.2) is 44.3 Å². The quantitative estimate of drug-likeness (QED) is 0.750. The van der Waals surface area contributed by atoms with Crippen molar-refractivity contribution >= 4 is 6.29 Å². The van der Waals surface area contributed by atoms with E-state index in [0.29, 0.717) is 17.1 Å². The molecule has 0 aliphatic rings. The lowest BCUT2D eigenvalue weighted by molar-refractivity contribution is 0.0882. The van der Waals surface area contributed by atoms with Gasteiger partial charge >= 0.3 is 0 Å². The van der Waals surface area contributed by atoms with Gasteiger partial charge in [-0.25, -0.2) is 4.68 Å². The molecule has 0 spiro atoms. The van der Waals surface area contributed by atoms with Crippen molar-refractivity contribution in [3.8, 4) is 5.75 Å². The molecule has 1 atom stereocenters. The first-order valence-electron chi connectivity index (χ1n) is 5.78. The van der Waals surface area contributed by atoms with Crippen LogP contribution in [0.4, 0.5) is 0 Å². The summed E-state index contributed by atoms with van der Waals surface area (Å²) in [7, 11) is 0. The Bertz CT molecular complexity index is 538. The molecular formula is C12H14N4O3. The molecule has 0 radical (unpaired) electrons. The van der Waals surface area contributed by atoms with Crippen molar-refractivity contribution in [2.75, 3.05) is 6.61 Å². The molecule has 2 aromatic rings. The number of tetrazole rings is 1. The van der Waals surface area contributed by atoms with Gasteiger partial charge in [-0.3, -0.25) is 4.79 Å². The second-order valence-corrected chi connectivity index (χ2v) is 4.06. The lowest BCUT2D eigenvalue weighted by atomic mass is 10.2. The average molecular weight is 262 g/mol. The summed E-state index contributed by atoms with van der Waals surface area (Å²) in [6, 6.07) is 6.66. The number of aldehydes is 1. The maximum atomic E-state index is 10.5. The molecule has 0 saturated heterocycles. The highest BCUT2D eigenvalue weighted by Gasteiger charge is 2.09. The first-order valence-corrected chi connectivity index (χ1v) is 5.78. The largest absolute Gasteiger partial charge is 0.491 e. The van der Waals surface area contributed by atoms with Crippen LogP contribution >= 0.6 is 0 Å². The first kappa shape index (κ1) is 13.2. The smallest absolute Gasteiger partial charge is 0.150 e. The van der Waals surface area contributed by atoms with Crippen molar-refractivity contribution in [1.29, 1.82) is 0 Å². The second-order valence-electron chi connectivity index (χ2n) is 4.06. The van der Waals surface area contributed by atoms with Crippen LogP contribution in [0.3, 0.4) is 0 Å². The van der Waals surface area contributed by atoms with Crippen molar-refractivity contribution in [2.24, 2.45) is 0 Å². The van der Waals surface area contributed by atoms with Gasteiger partial charge in [-0.15, -0.1) is 5.10 Å². The van der Waals surface area contributed by atoms with E-state index in [4.69, 9.17) is 4.74 Å². The Kier molecular flexibility index (Phi) is 4.19. The minimum atomic E-state index is -0.715. The summed E-state index contributed by atoms with van der Waals surface area (Å²) in [5, 5.41) is 20.8. The number of aryl methyl sites for hydroxylation is 1. The van der Waals surface area contributed by atoms with Crippen LogP contribution < -0.4 is 4.74 Å². The molecule has 1 aromatic heterocycles. The molecule has 0 aliphatic heterocycles. The number of nitrogens with zero attached hydrogens (tertiary/aromatic N) is 4. The van der Waals surface area contributed by atoms with E-state index in [1.54, 1.807) is 31.2 Å². The minimum absolute atomic E-state index is 0.125. The molecule has 1 aromatic carbocycles. The zero-order valence-electron chi connectivity index (χ0n) is 10.4. The van der Waals surface area contributed by atoms with E-state index in [1.165, 1.54) is 4.68 Å². The number of ether oxygens (including phenoxy) is 1. The van der Waals surface area contributed by atoms with E-state index >= 15 is 0 Å². The van der Waals surface area contributed by atoms with Gasteiger partial charge in [0.25, 0.3) is 0 Å². The van der Waals surface area contributed by atoms with Crippen LogP contribution in [0.1, 0.15) is 16.2 Å². The molecule has 100 valence electrons. The number of rotatable bonds is 6. The lowest BCUT2D eigenvalue weighted by Gasteiger charge is -2.12. The summed E-state index contributed by atoms with van der Waals surface area (Å²) in [5.74, 6) is 1.23. The van der Waals surface area contributed by atoms with Gasteiger partial charge in [-0.05, 0) is 41.6 Å². The maximum Gasteiger partial charge on any atom is 0.150 e. The van der Waals surface area contributed by atoms with E-state index in [2.05, 4.69) is 15.5 Å². The van der Waals surface area contributed by atoms with Crippen molar-refractivity contribution in [2.45, 2.75) is 19.6 Å². The van der Waals surface area contributed by atoms with Gasteiger partial charge < -0.3 is 9.84 Å². The number of aromatic nitrogens is 4. The van der Waals surface area contributed by atoms with E-state index in [0.717, 1.165) is 6.29 Å². The van der Waals surface area contributed by atoms with Crippen LogP contribution in [0.15, 0.2) is 24.3 Å². The molecule has 19 heavy (non-hydrogen) atoms. The Morgan fingerprint density at radius 2 is 2.16 bits per heavy atom. The molecule has 0 fully saturated rings. The molecule has 0 saturated carbocycles. The molecule has 2 rings (SSSR count). The summed E-state index contributed by atoms with van der Waals surface area (Å²) in [4.78, 5) is 10.5. The Balaban J connectivity index is 1.84. The first-order chi connectivity index (χ1) is 9.19. The van der Waals surface area contributed by atoms with Crippen LogP contribution in [0.25, 0.3) is 0 Å². The number of hydrogen-bond donors (Lipinski definition) is 1. The van der Waals surface area contributed by atoms with Crippen LogP contribution in [-0.2, 0) is 6.54 Å². The number of carbonyl (C=O) groups is 1. The molecule has 7 heteroatoms. The number of aliphatic hydroxyl groups is 1. The Hall–Kier alpha value is -2.28. The summed E-state index contributed by atoms with van der Waals surface area (Å²) < 4.78 is 6.91. The fourth-order valence-electron chi connectivity index (χ4n) is 1.51. The van der Waals surface area contributed by atoms with Crippen LogP contribution in [0.5, 0.6) is 5.75 Å². The van der Waals surface area contributed by atoms with Crippen LogP contribution in [0.2, 0.25) is 0 Å². The molecule has 0 bridgehead atoms. The summed E-state index contributed by atoms with van der Waals surface area (Å²) in [5.41, 5.74) is 0.581. The Morgan fingerprint density at radius 1 is 1.42 bits per heavy atom. The maximum absolute atomic E-state index is 10.5. The Morgan fingerprint density at radius 3 is 2.74 bits per heavy atom. The third-order valence-corrected chi connectivity index (χ3v) is 2.55. The van der Waals surface area contributed by atoms with Crippen molar-refractivity contribution < 1.29 is 14.6 Å². The normalized spacial score (nSPS) is 12.1. The molecule has 0 aliphatic carbocycles. The predicted octanol–water partition coefficient (Wildman–Crippen LogP) is 0.234. The summed E-state index contributed by atoms with van der Waals surface area (Å²) in [6.07, 6.45) is 0.0481. The zero-order valence-corrected chi connectivity index (χ0v) is 10.4. The Labute approximate surface area is 109 Å². The number of benzene rings is 1.